The molecule has 0 bridgehead atoms. The Balaban J connectivity index is 1.37. The maximum atomic E-state index is 11.6. The molecule has 2 aliphatic rings. The van der Waals surface area contributed by atoms with Gasteiger partial charge in [-0.2, -0.15) is 5.26 Å². The second-order valence-electron chi connectivity index (χ2n) is 6.64. The maximum Gasteiger partial charge on any atom is 0.360 e. The molecule has 3 heterocycles. The van der Waals surface area contributed by atoms with Gasteiger partial charge >= 0.3 is 5.97 Å². The summed E-state index contributed by atoms with van der Waals surface area (Å²) in [6.07, 6.45) is 1.06. The molecule has 0 unspecified atom stereocenters. The number of nitriles is 1. The number of fused-ring (bicyclic) bond motifs is 1. The van der Waals surface area contributed by atoms with Crippen molar-refractivity contribution in [2.24, 2.45) is 0 Å². The van der Waals surface area contributed by atoms with Gasteiger partial charge in [0.2, 0.25) is 0 Å². The number of ether oxygens (including phenoxy) is 3. The van der Waals surface area contributed by atoms with Gasteiger partial charge in [0, 0.05) is 5.69 Å². The Morgan fingerprint density at radius 1 is 1.38 bits per heavy atom. The molecule has 10 nitrogen and oxygen atoms in total. The highest BCUT2D eigenvalue weighted by Gasteiger charge is 2.49. The van der Waals surface area contributed by atoms with E-state index in [1.54, 1.807) is 22.9 Å². The van der Waals surface area contributed by atoms with Crippen molar-refractivity contribution in [2.45, 2.75) is 24.3 Å². The predicted octanol–water partition coefficient (Wildman–Crippen LogP) is 0.630. The molecule has 2 aromatic rings. The van der Waals surface area contributed by atoms with Gasteiger partial charge in [-0.05, 0) is 30.4 Å². The first-order valence-corrected chi connectivity index (χ1v) is 9.31. The molecule has 2 fully saturated rings. The van der Waals surface area contributed by atoms with Crippen LogP contribution in [0.5, 0.6) is 0 Å². The zero-order chi connectivity index (χ0) is 20.4. The first kappa shape index (κ1) is 19.3. The van der Waals surface area contributed by atoms with Crippen LogP contribution < -0.4 is 10.6 Å². The van der Waals surface area contributed by atoms with Gasteiger partial charge in [-0.1, -0.05) is 11.3 Å². The minimum atomic E-state index is -0.546. The Bertz CT molecular complexity index is 973. The quantitative estimate of drug-likeness (QED) is 0.544. The molecular weight excluding hydrogens is 396 g/mol. The SMILES string of the molecule is COC(=O)c1cn([C@@H]2CO[C@@H]3[C@@H]2OC[C@@H]3NC(=S)Nc2cccc(C#N)c2)nn1. The van der Waals surface area contributed by atoms with Crippen molar-refractivity contribution in [3.8, 4) is 6.07 Å². The third-order valence-electron chi connectivity index (χ3n) is 4.84. The number of benzene rings is 1. The van der Waals surface area contributed by atoms with Crippen molar-refractivity contribution < 1.29 is 19.0 Å². The lowest BCUT2D eigenvalue weighted by Gasteiger charge is -2.20. The van der Waals surface area contributed by atoms with Crippen LogP contribution in [0.3, 0.4) is 0 Å². The van der Waals surface area contributed by atoms with E-state index >= 15 is 0 Å². The fourth-order valence-corrected chi connectivity index (χ4v) is 3.74. The van der Waals surface area contributed by atoms with E-state index in [-0.39, 0.29) is 30.0 Å². The second-order valence-corrected chi connectivity index (χ2v) is 7.04. The summed E-state index contributed by atoms with van der Waals surface area (Å²) in [6.45, 7) is 0.784. The van der Waals surface area contributed by atoms with Crippen molar-refractivity contribution in [3.05, 3.63) is 41.7 Å². The molecule has 1 aromatic heterocycles. The lowest BCUT2D eigenvalue weighted by molar-refractivity contribution is 0.0592. The van der Waals surface area contributed by atoms with Crippen LogP contribution >= 0.6 is 12.2 Å². The van der Waals surface area contributed by atoms with Crippen LogP contribution in [0.15, 0.2) is 30.5 Å². The molecule has 0 saturated carbocycles. The van der Waals surface area contributed by atoms with Gasteiger partial charge in [-0.3, -0.25) is 0 Å². The minimum absolute atomic E-state index is 0.133. The number of anilines is 1. The van der Waals surface area contributed by atoms with Crippen LogP contribution in [0.1, 0.15) is 22.1 Å². The smallest absolute Gasteiger partial charge is 0.360 e. The lowest BCUT2D eigenvalue weighted by Crippen LogP contribution is -2.45. The van der Waals surface area contributed by atoms with Crippen molar-refractivity contribution in [1.29, 1.82) is 5.26 Å². The van der Waals surface area contributed by atoms with E-state index in [9.17, 15) is 4.79 Å². The lowest BCUT2D eigenvalue weighted by atomic mass is 10.1. The van der Waals surface area contributed by atoms with Gasteiger partial charge in [0.25, 0.3) is 0 Å². The van der Waals surface area contributed by atoms with Gasteiger partial charge < -0.3 is 24.8 Å². The average Bonchev–Trinajstić information content (AvgIpc) is 3.45. The zero-order valence-corrected chi connectivity index (χ0v) is 16.3. The van der Waals surface area contributed by atoms with Crippen LogP contribution in [0.4, 0.5) is 5.69 Å². The van der Waals surface area contributed by atoms with E-state index < -0.39 is 5.97 Å². The molecule has 2 N–H and O–H groups in total. The summed E-state index contributed by atoms with van der Waals surface area (Å²) in [5.41, 5.74) is 1.40. The summed E-state index contributed by atoms with van der Waals surface area (Å²) < 4.78 is 18.1. The highest BCUT2D eigenvalue weighted by molar-refractivity contribution is 7.80. The number of rotatable bonds is 4. The van der Waals surface area contributed by atoms with Crippen LogP contribution in [-0.2, 0) is 14.2 Å². The Kier molecular flexibility index (Phi) is 5.39. The number of carbonyl (C=O) groups excluding carboxylic acids is 1. The maximum absolute atomic E-state index is 11.6. The topological polar surface area (TPSA) is 123 Å². The normalized spacial score (nSPS) is 25.1. The first-order valence-electron chi connectivity index (χ1n) is 8.90. The number of nitrogens with one attached hydrogen (secondary N) is 2. The summed E-state index contributed by atoms with van der Waals surface area (Å²) in [6, 6.07) is 8.79. The molecule has 11 heteroatoms. The largest absolute Gasteiger partial charge is 0.464 e. The van der Waals surface area contributed by atoms with E-state index in [1.165, 1.54) is 13.3 Å². The Labute approximate surface area is 171 Å². The molecule has 2 aliphatic heterocycles. The fraction of sp³-hybridized carbons (Fsp3) is 0.389. The van der Waals surface area contributed by atoms with E-state index in [0.29, 0.717) is 23.9 Å². The Morgan fingerprint density at radius 3 is 3.00 bits per heavy atom. The molecule has 29 heavy (non-hydrogen) atoms. The highest BCUT2D eigenvalue weighted by Crippen LogP contribution is 2.34. The number of aromatic nitrogens is 3. The standard InChI is InChI=1S/C18H18N6O4S/c1-26-17(25)12-7-24(23-22-12)14-9-28-15-13(8-27-16(14)15)21-18(29)20-11-4-2-3-10(5-11)6-19/h2-5,7,13-16H,8-9H2,1H3,(H2,20,21,29)/t13-,14+,15-,16+/m0/s1. The summed E-state index contributed by atoms with van der Waals surface area (Å²) in [5.74, 6) is -0.546. The van der Waals surface area contributed by atoms with Crippen molar-refractivity contribution in [2.75, 3.05) is 25.6 Å². The number of hydrogen-bond donors (Lipinski definition) is 2. The molecule has 150 valence electrons. The molecule has 0 radical (unpaired) electrons. The number of thiocarbonyl (C=S) groups is 1. The fourth-order valence-electron chi connectivity index (χ4n) is 3.47. The van der Waals surface area contributed by atoms with Crippen LogP contribution in [0.25, 0.3) is 0 Å². The molecule has 2 saturated heterocycles. The molecule has 4 atom stereocenters. The average molecular weight is 414 g/mol. The third kappa shape index (κ3) is 3.91. The van der Waals surface area contributed by atoms with E-state index in [2.05, 4.69) is 31.8 Å². The molecule has 0 spiro atoms. The van der Waals surface area contributed by atoms with Crippen molar-refractivity contribution in [3.63, 3.8) is 0 Å². The summed E-state index contributed by atoms with van der Waals surface area (Å²) in [5, 5.41) is 23.5. The van der Waals surface area contributed by atoms with Crippen molar-refractivity contribution in [1.82, 2.24) is 20.3 Å². The van der Waals surface area contributed by atoms with Crippen molar-refractivity contribution >= 4 is 29.0 Å². The Morgan fingerprint density at radius 2 is 2.21 bits per heavy atom. The molecular formula is C18H18N6O4S. The number of methoxy groups -OCH3 is 1. The van der Waals surface area contributed by atoms with E-state index in [0.717, 1.165) is 5.69 Å². The molecule has 0 aliphatic carbocycles. The van der Waals surface area contributed by atoms with Crippen LogP contribution in [0, 0.1) is 11.3 Å². The van der Waals surface area contributed by atoms with E-state index in [4.69, 9.17) is 27.0 Å². The number of esters is 1. The Hall–Kier alpha value is -3.07. The molecule has 1 aromatic carbocycles. The van der Waals surface area contributed by atoms with Gasteiger partial charge in [-0.25, -0.2) is 9.48 Å². The van der Waals surface area contributed by atoms with Gasteiger partial charge in [-0.15, -0.1) is 5.10 Å². The van der Waals surface area contributed by atoms with E-state index in [1.807, 2.05) is 6.07 Å². The zero-order valence-electron chi connectivity index (χ0n) is 15.4. The van der Waals surface area contributed by atoms with Gasteiger partial charge in [0.15, 0.2) is 10.8 Å². The third-order valence-corrected chi connectivity index (χ3v) is 5.06. The molecule has 4 rings (SSSR count). The molecule has 0 amide bonds. The summed E-state index contributed by atoms with van der Waals surface area (Å²) in [7, 11) is 1.29. The predicted molar refractivity (Wildman–Crippen MR) is 104 cm³/mol. The second kappa shape index (κ2) is 8.12. The van der Waals surface area contributed by atoms with Crippen LogP contribution in [0.2, 0.25) is 0 Å². The highest BCUT2D eigenvalue weighted by atomic mass is 32.1. The summed E-state index contributed by atoms with van der Waals surface area (Å²) in [4.78, 5) is 11.6. The van der Waals surface area contributed by atoms with Gasteiger partial charge in [0.1, 0.15) is 18.2 Å². The minimum Gasteiger partial charge on any atom is -0.464 e. The number of hydrogen-bond acceptors (Lipinski definition) is 8. The summed E-state index contributed by atoms with van der Waals surface area (Å²) >= 11 is 5.39. The van der Waals surface area contributed by atoms with Crippen LogP contribution in [-0.4, -0.2) is 64.6 Å². The monoisotopic (exact) mass is 414 g/mol. The van der Waals surface area contributed by atoms with Gasteiger partial charge in [0.05, 0.1) is 44.2 Å². The number of nitrogens with zero attached hydrogens (tertiary/aromatic N) is 4. The first-order chi connectivity index (χ1) is 14.1. The number of carbonyl (C=O) groups is 1.